The molecule has 12 nitrogen and oxygen atoms in total. The Balaban J connectivity index is 0.000000117. The Hall–Kier alpha value is -7.78. The number of methoxy groups -OCH3 is 1. The second-order valence-corrected chi connectivity index (χ2v) is 40.9. The number of piperazine rings is 4. The zero-order valence-corrected chi connectivity index (χ0v) is 77.8. The molecular formula is C114H144F4N8O4. The van der Waals surface area contributed by atoms with Gasteiger partial charge in [-0.05, 0) is 311 Å². The predicted molar refractivity (Wildman–Crippen MR) is 517 cm³/mol. The lowest BCUT2D eigenvalue weighted by Gasteiger charge is -2.36. The molecule has 9 aromatic carbocycles. The van der Waals surface area contributed by atoms with Crippen molar-refractivity contribution in [3.63, 3.8) is 0 Å². The third kappa shape index (κ3) is 22.9. The van der Waals surface area contributed by atoms with Crippen molar-refractivity contribution in [2.75, 3.05) is 184 Å². The first-order valence-corrected chi connectivity index (χ1v) is 50.3. The molecule has 16 heteroatoms. The summed E-state index contributed by atoms with van der Waals surface area (Å²) in [5.74, 6) is 6.08. The standard InChI is InChI=1S/C32H37FN2O.C29H39FN2O.C27H35FN2O.C26H33FN2O/c33-27-11-10-26-19-25-8-4-5-9-29(25)31-17-24(18-32(31)30(26)20-27)21-34-12-14-35(15-13-34)22-28(36)16-23-6-2-1-3-7-23;1-2-3-7-25(33)20-32-13-11-31(12-14-32)19-21-15-28-26-8-5-4-6-22(26)17-23-9-10-24(30)18-27(23)29(28)16-21;1-2-31-14-13-29-9-11-30(12-10-29)19-20-15-26-24-6-4-3-5-21(24)17-22-7-8-23(28)18-25(22)27(26)16-20;1-30-13-12-28-8-10-29(11-9-28)18-19-14-25-23-5-3-2-4-20(23)16-21-6-7-22(27)17-24(21)26(25)15-19/h1-11,20,24,28,31-32,36H,12-19,21-22H2;4-6,8-10,18,21,25,28-29,33H,2-3,7,11-17,19-20H2,1H3;3-8,18,20,26-27H,2,9-17,19H2,1H3;2-7,17,19,25-26H,8-16,18H2,1H3. The topological polar surface area (TPSA) is 84.8 Å². The van der Waals surface area contributed by atoms with Gasteiger partial charge in [0.2, 0.25) is 0 Å². The summed E-state index contributed by atoms with van der Waals surface area (Å²) < 4.78 is 67.7. The first-order valence-electron chi connectivity index (χ1n) is 50.3. The largest absolute Gasteiger partial charge is 0.392 e. The second-order valence-electron chi connectivity index (χ2n) is 40.9. The Morgan fingerprint density at radius 1 is 0.308 bits per heavy atom. The van der Waals surface area contributed by atoms with Gasteiger partial charge in [0.05, 0.1) is 25.4 Å². The number of benzene rings is 9. The van der Waals surface area contributed by atoms with Gasteiger partial charge in [-0.25, -0.2) is 17.6 Å². The van der Waals surface area contributed by atoms with Crippen molar-refractivity contribution < 1.29 is 37.2 Å². The van der Waals surface area contributed by atoms with Gasteiger partial charge in [-0.3, -0.25) is 19.6 Å². The maximum absolute atomic E-state index is 14.3. The van der Waals surface area contributed by atoms with Gasteiger partial charge in [0.15, 0.2) is 0 Å². The molecule has 130 heavy (non-hydrogen) atoms. The zero-order chi connectivity index (χ0) is 89.0. The fraction of sp³-hybridized carbons (Fsp3) is 0.526. The third-order valence-electron chi connectivity index (χ3n) is 32.4. The molecule has 9 aromatic rings. The second kappa shape index (κ2) is 44.1. The van der Waals surface area contributed by atoms with E-state index < -0.39 is 0 Å². The molecule has 0 amide bonds. The number of aliphatic hydroxyl groups excluding tert-OH is 2. The quantitative estimate of drug-likeness (QED) is 0.0446. The molecular weight excluding hydrogens is 1620 g/mol. The highest BCUT2D eigenvalue weighted by molar-refractivity contribution is 5.51. The molecule has 14 atom stereocenters. The van der Waals surface area contributed by atoms with Gasteiger partial charge in [0.25, 0.3) is 0 Å². The lowest BCUT2D eigenvalue weighted by Crippen LogP contribution is -2.49. The molecule has 0 spiro atoms. The third-order valence-corrected chi connectivity index (χ3v) is 32.4. The van der Waals surface area contributed by atoms with Crippen LogP contribution in [0.15, 0.2) is 200 Å². The highest BCUT2D eigenvalue weighted by Crippen LogP contribution is 2.58. The van der Waals surface area contributed by atoms with Crippen LogP contribution in [0, 0.1) is 46.9 Å². The Morgan fingerprint density at radius 3 is 0.885 bits per heavy atom. The molecule has 14 unspecified atom stereocenters. The number of halogens is 4. The number of nitrogens with zero attached hydrogens (tertiary/aromatic N) is 8. The van der Waals surface area contributed by atoms with E-state index in [2.05, 4.69) is 162 Å². The van der Waals surface area contributed by atoms with E-state index in [1.54, 1.807) is 31.4 Å². The molecule has 8 aliphatic carbocycles. The van der Waals surface area contributed by atoms with Crippen LogP contribution in [0.25, 0.3) is 0 Å². The number of fused-ring (bicyclic) bond motifs is 20. The van der Waals surface area contributed by atoms with Crippen LogP contribution < -0.4 is 0 Å². The lowest BCUT2D eigenvalue weighted by atomic mass is 9.84. The van der Waals surface area contributed by atoms with Crippen molar-refractivity contribution >= 4 is 0 Å². The van der Waals surface area contributed by atoms with Crippen molar-refractivity contribution in [3.05, 3.63) is 318 Å². The Morgan fingerprint density at radius 2 is 0.577 bits per heavy atom. The fourth-order valence-electron chi connectivity index (χ4n) is 26.1. The minimum absolute atomic E-state index is 0.0879. The number of β-amino-alcohol motifs (C(OH)–C–C–N with tert-alkyl or cyclic N) is 2. The molecule has 4 saturated heterocycles. The van der Waals surface area contributed by atoms with E-state index in [-0.39, 0.29) is 35.5 Å². The van der Waals surface area contributed by atoms with E-state index in [1.807, 2.05) is 66.7 Å². The van der Waals surface area contributed by atoms with Crippen LogP contribution in [-0.2, 0) is 41.6 Å². The van der Waals surface area contributed by atoms with E-state index in [1.165, 1.54) is 146 Å². The maximum Gasteiger partial charge on any atom is 0.123 e. The van der Waals surface area contributed by atoms with Gasteiger partial charge in [-0.15, -0.1) is 0 Å². The minimum Gasteiger partial charge on any atom is -0.392 e. The van der Waals surface area contributed by atoms with Crippen LogP contribution in [0.4, 0.5) is 17.6 Å². The summed E-state index contributed by atoms with van der Waals surface area (Å²) in [6.45, 7) is 32.6. The van der Waals surface area contributed by atoms with E-state index >= 15 is 0 Å². The van der Waals surface area contributed by atoms with Gasteiger partial charge < -0.3 is 39.3 Å². The van der Waals surface area contributed by atoms with Gasteiger partial charge in [-0.1, -0.05) is 171 Å². The molecule has 692 valence electrons. The number of aliphatic hydroxyl groups is 2. The summed E-state index contributed by atoms with van der Waals surface area (Å²) in [4.78, 5) is 20.4. The Bertz CT molecular complexity index is 5140. The van der Waals surface area contributed by atoms with Gasteiger partial charge in [-0.2, -0.15) is 0 Å². The molecule has 4 saturated carbocycles. The molecule has 0 radical (unpaired) electrons. The molecule has 2 N–H and O–H groups in total. The highest BCUT2D eigenvalue weighted by Gasteiger charge is 2.46. The highest BCUT2D eigenvalue weighted by atomic mass is 19.1. The molecule has 0 aromatic heterocycles. The molecule has 0 bridgehead atoms. The van der Waals surface area contributed by atoms with Gasteiger partial charge in [0.1, 0.15) is 23.3 Å². The monoisotopic (exact) mass is 1770 g/mol. The van der Waals surface area contributed by atoms with Crippen LogP contribution in [0.5, 0.6) is 0 Å². The van der Waals surface area contributed by atoms with Crippen LogP contribution in [0.1, 0.15) is 226 Å². The maximum atomic E-state index is 14.3. The first kappa shape index (κ1) is 92.7. The predicted octanol–water partition coefficient (Wildman–Crippen LogP) is 19.3. The summed E-state index contributed by atoms with van der Waals surface area (Å²) in [5, 5.41) is 20.9. The van der Waals surface area contributed by atoms with E-state index in [9.17, 15) is 27.8 Å². The summed E-state index contributed by atoms with van der Waals surface area (Å²) in [6, 6.07) is 67.9. The smallest absolute Gasteiger partial charge is 0.123 e. The lowest BCUT2D eigenvalue weighted by molar-refractivity contribution is 0.0627. The molecule has 21 rings (SSSR count). The molecule has 4 aliphatic heterocycles. The van der Waals surface area contributed by atoms with Gasteiger partial charge in [0, 0.05) is 171 Å². The summed E-state index contributed by atoms with van der Waals surface area (Å²) >= 11 is 0. The van der Waals surface area contributed by atoms with Crippen molar-refractivity contribution in [1.29, 1.82) is 0 Å². The minimum atomic E-state index is -0.318. The van der Waals surface area contributed by atoms with Crippen LogP contribution in [-0.4, -0.2) is 246 Å². The zero-order valence-electron chi connectivity index (χ0n) is 77.8. The number of hydrogen-bond donors (Lipinski definition) is 2. The summed E-state index contributed by atoms with van der Waals surface area (Å²) in [5.41, 5.74) is 23.2. The Labute approximate surface area is 773 Å². The first-order chi connectivity index (χ1) is 63.6. The van der Waals surface area contributed by atoms with Gasteiger partial charge >= 0.3 is 0 Å². The van der Waals surface area contributed by atoms with Crippen molar-refractivity contribution in [2.45, 2.75) is 176 Å². The van der Waals surface area contributed by atoms with Crippen molar-refractivity contribution in [3.8, 4) is 0 Å². The number of rotatable bonds is 24. The average Bonchev–Trinajstić information content (AvgIpc) is 1.63. The summed E-state index contributed by atoms with van der Waals surface area (Å²) in [6.07, 6.45) is 16.6. The average molecular weight is 1770 g/mol. The number of ether oxygens (including phenoxy) is 2. The summed E-state index contributed by atoms with van der Waals surface area (Å²) in [7, 11) is 1.78. The molecule has 8 fully saturated rings. The van der Waals surface area contributed by atoms with Crippen molar-refractivity contribution in [2.24, 2.45) is 23.7 Å². The normalized spacial score (nSPS) is 26.0. The fourth-order valence-corrected chi connectivity index (χ4v) is 26.1. The van der Waals surface area contributed by atoms with E-state index in [4.69, 9.17) is 9.47 Å². The van der Waals surface area contributed by atoms with E-state index in [0.29, 0.717) is 71.0 Å². The van der Waals surface area contributed by atoms with E-state index in [0.717, 1.165) is 228 Å². The molecule has 12 aliphatic rings. The Kier molecular flexibility index (Phi) is 31.5. The number of unbranched alkanes of at least 4 members (excludes halogenated alkanes) is 1. The van der Waals surface area contributed by atoms with Crippen LogP contribution in [0.3, 0.4) is 0 Å². The van der Waals surface area contributed by atoms with Crippen LogP contribution >= 0.6 is 0 Å². The van der Waals surface area contributed by atoms with Crippen molar-refractivity contribution in [1.82, 2.24) is 39.2 Å². The SMILES string of the molecule is CCCCC(O)CN1CCN(CC2CC3c4ccccc4Cc4ccc(F)cc4C3C2)CC1.CCOCCN1CCN(CC2CC3c4ccccc4Cc4ccc(F)cc4C3C2)CC1.COCCN1CCN(CC2CC3c4ccccc4Cc4ccc(F)cc4C3C2)CC1.OC(Cc1ccccc1)CN1CCN(CC2CC3c4ccccc4Cc4ccc(F)cc4C3C2)CC1. The molecule has 4 heterocycles. The van der Waals surface area contributed by atoms with Crippen LogP contribution in [0.2, 0.25) is 0 Å². The number of hydrogen-bond acceptors (Lipinski definition) is 12.